The van der Waals surface area contributed by atoms with Crippen LogP contribution in [0.4, 0.5) is 8.78 Å². The number of rotatable bonds is 7. The Hall–Kier alpha value is -2.88. The number of hydrogen-bond acceptors (Lipinski definition) is 5. The van der Waals surface area contributed by atoms with Crippen molar-refractivity contribution < 1.29 is 18.7 Å². The molecule has 0 aliphatic rings. The van der Waals surface area contributed by atoms with Gasteiger partial charge in [-0.3, -0.25) is 4.79 Å². The van der Waals surface area contributed by atoms with Crippen molar-refractivity contribution in [1.29, 1.82) is 0 Å². The molecule has 0 saturated heterocycles. The van der Waals surface area contributed by atoms with E-state index >= 15 is 0 Å². The highest BCUT2D eigenvalue weighted by Crippen LogP contribution is 2.34. The molecule has 140 valence electrons. The highest BCUT2D eigenvalue weighted by atomic mass is 19.1. The van der Waals surface area contributed by atoms with Crippen LogP contribution in [0.15, 0.2) is 36.0 Å². The van der Waals surface area contributed by atoms with Crippen molar-refractivity contribution in [2.24, 2.45) is 11.0 Å². The lowest BCUT2D eigenvalue weighted by molar-refractivity contribution is -0.136. The molecule has 2 N–H and O–H groups in total. The van der Waals surface area contributed by atoms with Crippen molar-refractivity contribution >= 4 is 12.2 Å². The minimum atomic E-state index is -2.01. The zero-order valence-corrected chi connectivity index (χ0v) is 14.6. The fourth-order valence-corrected chi connectivity index (χ4v) is 2.38. The second-order valence-corrected chi connectivity index (χ2v) is 6.05. The van der Waals surface area contributed by atoms with Crippen LogP contribution in [0.2, 0.25) is 0 Å². The van der Waals surface area contributed by atoms with E-state index in [1.54, 1.807) is 19.0 Å². The van der Waals surface area contributed by atoms with E-state index in [2.05, 4.69) is 20.6 Å². The number of halogens is 2. The molecule has 10 heteroatoms. The molecule has 0 bridgehead atoms. The number of hydrazone groups is 1. The Labute approximate surface area is 149 Å². The molecule has 1 heterocycles. The average Bonchev–Trinajstić information content (AvgIpc) is 3.06. The van der Waals surface area contributed by atoms with Crippen molar-refractivity contribution in [2.75, 3.05) is 14.1 Å². The second-order valence-electron chi connectivity index (χ2n) is 6.05. The number of benzene rings is 1. The van der Waals surface area contributed by atoms with Gasteiger partial charge in [0.1, 0.15) is 36.2 Å². The van der Waals surface area contributed by atoms with Gasteiger partial charge >= 0.3 is 0 Å². The molecule has 2 rings (SSSR count). The lowest BCUT2D eigenvalue weighted by Crippen LogP contribution is -2.46. The Kier molecular flexibility index (Phi) is 5.98. The number of amides is 1. The largest absolute Gasteiger partial charge is 0.382 e. The number of carbonyl (C=O) groups excluding carboxylic acids is 1. The molecular formula is C16H20F2N6O2. The maximum atomic E-state index is 14.3. The molecule has 0 saturated carbocycles. The summed E-state index contributed by atoms with van der Waals surface area (Å²) in [5.41, 5.74) is 0.0479. The van der Waals surface area contributed by atoms with Crippen LogP contribution >= 0.6 is 0 Å². The molecule has 2 aromatic rings. The molecule has 26 heavy (non-hydrogen) atoms. The Morgan fingerprint density at radius 3 is 2.81 bits per heavy atom. The van der Waals surface area contributed by atoms with Gasteiger partial charge in [-0.1, -0.05) is 13.0 Å². The summed E-state index contributed by atoms with van der Waals surface area (Å²) in [4.78, 5) is 17.8. The van der Waals surface area contributed by atoms with E-state index in [1.165, 1.54) is 30.6 Å². The number of nitrogens with zero attached hydrogens (tertiary/aromatic N) is 5. The summed E-state index contributed by atoms with van der Waals surface area (Å²) in [6.07, 6.45) is 3.92. The molecule has 8 nitrogen and oxygen atoms in total. The van der Waals surface area contributed by atoms with Crippen LogP contribution < -0.4 is 5.43 Å². The molecular weight excluding hydrogens is 346 g/mol. The molecule has 0 spiro atoms. The number of hydrogen-bond donors (Lipinski definition) is 2. The van der Waals surface area contributed by atoms with Crippen LogP contribution in [0.3, 0.4) is 0 Å². The molecule has 1 aromatic heterocycles. The highest BCUT2D eigenvalue weighted by Gasteiger charge is 2.42. The van der Waals surface area contributed by atoms with E-state index in [-0.39, 0.29) is 12.1 Å². The van der Waals surface area contributed by atoms with Gasteiger partial charge in [-0.15, -0.1) is 0 Å². The second kappa shape index (κ2) is 8.00. The maximum Gasteiger partial charge on any atom is 0.246 e. The van der Waals surface area contributed by atoms with Gasteiger partial charge in [0.25, 0.3) is 0 Å². The van der Waals surface area contributed by atoms with E-state index in [0.29, 0.717) is 6.07 Å². The first-order valence-corrected chi connectivity index (χ1v) is 7.74. The third-order valence-corrected chi connectivity index (χ3v) is 3.84. The van der Waals surface area contributed by atoms with E-state index < -0.39 is 29.1 Å². The van der Waals surface area contributed by atoms with E-state index in [1.807, 2.05) is 0 Å². The Morgan fingerprint density at radius 1 is 1.50 bits per heavy atom. The van der Waals surface area contributed by atoms with Gasteiger partial charge in [0.05, 0.1) is 12.5 Å². The Morgan fingerprint density at radius 2 is 2.23 bits per heavy atom. The van der Waals surface area contributed by atoms with Gasteiger partial charge in [-0.2, -0.15) is 10.2 Å². The summed E-state index contributed by atoms with van der Waals surface area (Å²) in [6, 6.07) is 2.77. The summed E-state index contributed by atoms with van der Waals surface area (Å²) in [5.74, 6) is -3.54. The standard InChI is InChI=1S/C16H20F2N6O2/c1-11(15(25)22-20-10-23(2)3)16(26,7-24-9-19-8-21-24)13-5-4-12(17)6-14(13)18/h4-6,8-11,26H,7H2,1-3H3,(H,22,25). The van der Waals surface area contributed by atoms with Crippen molar-refractivity contribution in [3.05, 3.63) is 48.1 Å². The summed E-state index contributed by atoms with van der Waals surface area (Å²) < 4.78 is 28.9. The van der Waals surface area contributed by atoms with Gasteiger partial charge in [-0.25, -0.2) is 23.9 Å². The van der Waals surface area contributed by atoms with Crippen LogP contribution in [-0.4, -0.2) is 51.1 Å². The lowest BCUT2D eigenvalue weighted by Gasteiger charge is -2.33. The number of aromatic nitrogens is 3. The summed E-state index contributed by atoms with van der Waals surface area (Å²) in [6.45, 7) is 1.15. The van der Waals surface area contributed by atoms with Crippen molar-refractivity contribution in [1.82, 2.24) is 25.1 Å². The normalized spacial score (nSPS) is 14.8. The Balaban J connectivity index is 2.38. The third-order valence-electron chi connectivity index (χ3n) is 3.84. The number of nitrogens with one attached hydrogen (secondary N) is 1. The van der Waals surface area contributed by atoms with Gasteiger partial charge < -0.3 is 10.0 Å². The molecule has 2 unspecified atom stereocenters. The van der Waals surface area contributed by atoms with Crippen LogP contribution in [-0.2, 0) is 16.9 Å². The maximum absolute atomic E-state index is 14.3. The zero-order chi connectivity index (χ0) is 19.3. The van der Waals surface area contributed by atoms with E-state index in [9.17, 15) is 18.7 Å². The van der Waals surface area contributed by atoms with Crippen molar-refractivity contribution in [2.45, 2.75) is 19.1 Å². The first-order chi connectivity index (χ1) is 12.2. The van der Waals surface area contributed by atoms with E-state index in [4.69, 9.17) is 0 Å². The first kappa shape index (κ1) is 19.4. The quantitative estimate of drug-likeness (QED) is 0.427. The predicted octanol–water partition coefficient (Wildman–Crippen LogP) is 0.701. The zero-order valence-electron chi connectivity index (χ0n) is 14.6. The SMILES string of the molecule is CC(C(=O)NN=CN(C)C)C(O)(Cn1cncn1)c1ccc(F)cc1F. The minimum absolute atomic E-state index is 0.228. The average molecular weight is 366 g/mol. The molecule has 0 aliphatic heterocycles. The van der Waals surface area contributed by atoms with Gasteiger partial charge in [0, 0.05) is 25.7 Å². The fraction of sp³-hybridized carbons (Fsp3) is 0.375. The van der Waals surface area contributed by atoms with Gasteiger partial charge in [0.15, 0.2) is 0 Å². The van der Waals surface area contributed by atoms with Crippen LogP contribution in [0.25, 0.3) is 0 Å². The van der Waals surface area contributed by atoms with Crippen LogP contribution in [0, 0.1) is 17.6 Å². The fourth-order valence-electron chi connectivity index (χ4n) is 2.38. The summed E-state index contributed by atoms with van der Waals surface area (Å²) >= 11 is 0. The van der Waals surface area contributed by atoms with Crippen molar-refractivity contribution in [3.8, 4) is 0 Å². The van der Waals surface area contributed by atoms with Crippen molar-refractivity contribution in [3.63, 3.8) is 0 Å². The Bertz CT molecular complexity index is 781. The predicted molar refractivity (Wildman–Crippen MR) is 89.8 cm³/mol. The summed E-state index contributed by atoms with van der Waals surface area (Å²) in [7, 11) is 3.43. The van der Waals surface area contributed by atoms with Crippen LogP contribution in [0.1, 0.15) is 12.5 Å². The third kappa shape index (κ3) is 4.39. The van der Waals surface area contributed by atoms with E-state index in [0.717, 1.165) is 12.1 Å². The minimum Gasteiger partial charge on any atom is -0.382 e. The number of aliphatic hydroxyl groups is 1. The molecule has 1 aromatic carbocycles. The first-order valence-electron chi connectivity index (χ1n) is 7.74. The van der Waals surface area contributed by atoms with Crippen LogP contribution in [0.5, 0.6) is 0 Å². The molecule has 0 fully saturated rings. The lowest BCUT2D eigenvalue weighted by atomic mass is 9.81. The summed E-state index contributed by atoms with van der Waals surface area (Å²) in [5, 5.41) is 18.8. The molecule has 0 aliphatic carbocycles. The number of carbonyl (C=O) groups is 1. The smallest absolute Gasteiger partial charge is 0.246 e. The highest BCUT2D eigenvalue weighted by molar-refractivity contribution is 5.80. The molecule has 2 atom stereocenters. The van der Waals surface area contributed by atoms with Gasteiger partial charge in [-0.05, 0) is 6.07 Å². The molecule has 0 radical (unpaired) electrons. The van der Waals surface area contributed by atoms with Gasteiger partial charge in [0.2, 0.25) is 5.91 Å². The molecule has 1 amide bonds. The monoisotopic (exact) mass is 366 g/mol. The topological polar surface area (TPSA) is 95.6 Å².